The SMILES string of the molecule is Cc1[nH]n(C)c(=O)c1-c1c(F)cncc1F. The molecule has 0 bridgehead atoms. The van der Waals surface area contributed by atoms with Crippen molar-refractivity contribution in [2.75, 3.05) is 0 Å². The minimum Gasteiger partial charge on any atom is -0.300 e. The molecule has 84 valence electrons. The number of aromatic nitrogens is 3. The molecule has 0 spiro atoms. The fourth-order valence-corrected chi connectivity index (χ4v) is 1.63. The number of nitrogens with zero attached hydrogens (tertiary/aromatic N) is 2. The molecule has 2 aromatic heterocycles. The van der Waals surface area contributed by atoms with Gasteiger partial charge in [-0.1, -0.05) is 0 Å². The third-order valence-corrected chi connectivity index (χ3v) is 2.33. The zero-order valence-corrected chi connectivity index (χ0v) is 8.71. The third kappa shape index (κ3) is 1.42. The van der Waals surface area contributed by atoms with Crippen LogP contribution in [0.1, 0.15) is 5.69 Å². The van der Waals surface area contributed by atoms with Crippen LogP contribution in [0.2, 0.25) is 0 Å². The van der Waals surface area contributed by atoms with Crippen molar-refractivity contribution in [3.8, 4) is 11.1 Å². The van der Waals surface area contributed by atoms with E-state index in [1.165, 1.54) is 11.7 Å². The molecule has 2 heterocycles. The maximum atomic E-state index is 13.4. The molecule has 2 rings (SSSR count). The Labute approximate surface area is 89.5 Å². The lowest BCUT2D eigenvalue weighted by molar-refractivity contribution is 0.579. The quantitative estimate of drug-likeness (QED) is 0.796. The lowest BCUT2D eigenvalue weighted by atomic mass is 10.1. The first-order chi connectivity index (χ1) is 7.52. The number of aromatic amines is 1. The van der Waals surface area contributed by atoms with Crippen LogP contribution in [0.3, 0.4) is 0 Å². The van der Waals surface area contributed by atoms with Crippen molar-refractivity contribution < 1.29 is 8.78 Å². The summed E-state index contributed by atoms with van der Waals surface area (Å²) in [4.78, 5) is 15.0. The van der Waals surface area contributed by atoms with Crippen LogP contribution < -0.4 is 5.56 Å². The molecule has 0 aliphatic heterocycles. The second-order valence-corrected chi connectivity index (χ2v) is 3.45. The summed E-state index contributed by atoms with van der Waals surface area (Å²) in [5.74, 6) is -1.69. The van der Waals surface area contributed by atoms with Crippen molar-refractivity contribution in [1.29, 1.82) is 0 Å². The van der Waals surface area contributed by atoms with Crippen LogP contribution in [-0.4, -0.2) is 14.8 Å². The van der Waals surface area contributed by atoms with Gasteiger partial charge in [-0.25, -0.2) is 8.78 Å². The van der Waals surface area contributed by atoms with Gasteiger partial charge in [0.1, 0.15) is 0 Å². The Bertz CT molecular complexity index is 580. The maximum Gasteiger partial charge on any atom is 0.274 e. The predicted octanol–water partition coefficient (Wildman–Crippen LogP) is 1.36. The zero-order chi connectivity index (χ0) is 11.9. The molecular formula is C10H9F2N3O. The normalized spacial score (nSPS) is 10.8. The van der Waals surface area contributed by atoms with Gasteiger partial charge in [0, 0.05) is 12.7 Å². The van der Waals surface area contributed by atoms with E-state index in [0.29, 0.717) is 5.69 Å². The Hall–Kier alpha value is -1.98. The topological polar surface area (TPSA) is 50.7 Å². The summed E-state index contributed by atoms with van der Waals surface area (Å²) in [6.45, 7) is 1.58. The summed E-state index contributed by atoms with van der Waals surface area (Å²) >= 11 is 0. The molecule has 0 radical (unpaired) electrons. The monoisotopic (exact) mass is 225 g/mol. The van der Waals surface area contributed by atoms with Crippen LogP contribution in [0.5, 0.6) is 0 Å². The van der Waals surface area contributed by atoms with Crippen molar-refractivity contribution in [1.82, 2.24) is 14.8 Å². The molecule has 2 aromatic rings. The number of halogens is 2. The number of H-pyrrole nitrogens is 1. The maximum absolute atomic E-state index is 13.4. The number of pyridine rings is 1. The first-order valence-electron chi connectivity index (χ1n) is 4.57. The number of hydrogen-bond acceptors (Lipinski definition) is 2. The van der Waals surface area contributed by atoms with Crippen molar-refractivity contribution >= 4 is 0 Å². The van der Waals surface area contributed by atoms with E-state index in [2.05, 4.69) is 10.1 Å². The van der Waals surface area contributed by atoms with Crippen LogP contribution in [0.4, 0.5) is 8.78 Å². The van der Waals surface area contributed by atoms with Crippen LogP contribution in [0, 0.1) is 18.6 Å². The lowest BCUT2D eigenvalue weighted by Gasteiger charge is -2.01. The van der Waals surface area contributed by atoms with Crippen LogP contribution in [0.15, 0.2) is 17.2 Å². The minimum atomic E-state index is -0.847. The first-order valence-corrected chi connectivity index (χ1v) is 4.57. The summed E-state index contributed by atoms with van der Waals surface area (Å²) in [6, 6.07) is 0. The van der Waals surface area contributed by atoms with E-state index in [4.69, 9.17) is 0 Å². The number of hydrogen-bond donors (Lipinski definition) is 1. The van der Waals surface area contributed by atoms with Crippen molar-refractivity contribution in [3.63, 3.8) is 0 Å². The largest absolute Gasteiger partial charge is 0.300 e. The van der Waals surface area contributed by atoms with E-state index in [1.807, 2.05) is 0 Å². The zero-order valence-electron chi connectivity index (χ0n) is 8.71. The first kappa shape index (κ1) is 10.5. The summed E-state index contributed by atoms with van der Waals surface area (Å²) in [6.07, 6.45) is 1.76. The molecule has 6 heteroatoms. The molecule has 0 aliphatic carbocycles. The highest BCUT2D eigenvalue weighted by Crippen LogP contribution is 2.24. The van der Waals surface area contributed by atoms with Gasteiger partial charge >= 0.3 is 0 Å². The summed E-state index contributed by atoms with van der Waals surface area (Å²) in [5, 5.41) is 2.68. The van der Waals surface area contributed by atoms with Gasteiger partial charge in [-0.05, 0) is 6.92 Å². The summed E-state index contributed by atoms with van der Waals surface area (Å²) in [7, 11) is 1.48. The van der Waals surface area contributed by atoms with E-state index in [1.54, 1.807) is 6.92 Å². The lowest BCUT2D eigenvalue weighted by Crippen LogP contribution is -2.14. The van der Waals surface area contributed by atoms with Crippen LogP contribution in [-0.2, 0) is 7.05 Å². The van der Waals surface area contributed by atoms with Gasteiger partial charge in [0.15, 0.2) is 11.6 Å². The van der Waals surface area contributed by atoms with Gasteiger partial charge in [0.2, 0.25) is 0 Å². The summed E-state index contributed by atoms with van der Waals surface area (Å²) < 4.78 is 28.1. The second-order valence-electron chi connectivity index (χ2n) is 3.45. The second kappa shape index (κ2) is 3.55. The Morgan fingerprint density at radius 3 is 2.25 bits per heavy atom. The number of nitrogens with one attached hydrogen (secondary N) is 1. The van der Waals surface area contributed by atoms with Gasteiger partial charge in [-0.2, -0.15) is 0 Å². The standard InChI is InChI=1S/C10H9F2N3O/c1-5-8(10(16)15(2)14-5)9-6(11)3-13-4-7(9)12/h3-4,14H,1-2H3. The van der Waals surface area contributed by atoms with E-state index in [0.717, 1.165) is 12.4 Å². The van der Waals surface area contributed by atoms with Crippen LogP contribution >= 0.6 is 0 Å². The minimum absolute atomic E-state index is 0.0000926. The van der Waals surface area contributed by atoms with Crippen molar-refractivity contribution in [2.45, 2.75) is 6.92 Å². The third-order valence-electron chi connectivity index (χ3n) is 2.33. The van der Waals surface area contributed by atoms with E-state index < -0.39 is 17.2 Å². The molecule has 0 saturated heterocycles. The van der Waals surface area contributed by atoms with E-state index >= 15 is 0 Å². The Balaban J connectivity index is 2.82. The van der Waals surface area contributed by atoms with Crippen molar-refractivity contribution in [3.05, 3.63) is 40.1 Å². The van der Waals surface area contributed by atoms with E-state index in [-0.39, 0.29) is 11.1 Å². The highest BCUT2D eigenvalue weighted by Gasteiger charge is 2.19. The Kier molecular flexibility index (Phi) is 2.34. The molecule has 16 heavy (non-hydrogen) atoms. The molecule has 0 saturated carbocycles. The summed E-state index contributed by atoms with van der Waals surface area (Å²) in [5.41, 5.74) is -0.396. The molecule has 0 fully saturated rings. The molecule has 4 nitrogen and oxygen atoms in total. The fourth-order valence-electron chi connectivity index (χ4n) is 1.63. The van der Waals surface area contributed by atoms with Gasteiger partial charge in [0.25, 0.3) is 5.56 Å². The highest BCUT2D eigenvalue weighted by atomic mass is 19.1. The molecule has 0 aliphatic rings. The molecule has 1 N–H and O–H groups in total. The van der Waals surface area contributed by atoms with Gasteiger partial charge in [-0.3, -0.25) is 19.6 Å². The molecular weight excluding hydrogens is 216 g/mol. The molecule has 0 aromatic carbocycles. The predicted molar refractivity (Wildman–Crippen MR) is 53.9 cm³/mol. The Morgan fingerprint density at radius 2 is 1.81 bits per heavy atom. The van der Waals surface area contributed by atoms with Gasteiger partial charge in [-0.15, -0.1) is 0 Å². The average molecular weight is 225 g/mol. The molecule has 0 unspecified atom stereocenters. The van der Waals surface area contributed by atoms with Gasteiger partial charge < -0.3 is 0 Å². The molecule has 0 atom stereocenters. The van der Waals surface area contributed by atoms with Crippen LogP contribution in [0.25, 0.3) is 11.1 Å². The van der Waals surface area contributed by atoms with Gasteiger partial charge in [0.05, 0.1) is 23.5 Å². The Morgan fingerprint density at radius 1 is 1.25 bits per heavy atom. The van der Waals surface area contributed by atoms with E-state index in [9.17, 15) is 13.6 Å². The average Bonchev–Trinajstić information content (AvgIpc) is 2.44. The fraction of sp³-hybridized carbons (Fsp3) is 0.200. The number of rotatable bonds is 1. The smallest absolute Gasteiger partial charge is 0.274 e. The van der Waals surface area contributed by atoms with Crippen molar-refractivity contribution in [2.24, 2.45) is 7.05 Å². The highest BCUT2D eigenvalue weighted by molar-refractivity contribution is 5.65. The number of aryl methyl sites for hydroxylation is 2. The molecule has 0 amide bonds.